The molecule has 3 heterocycles. The second-order valence-corrected chi connectivity index (χ2v) is 7.83. The molecule has 0 fully saturated rings. The predicted molar refractivity (Wildman–Crippen MR) is 129 cm³/mol. The quantitative estimate of drug-likeness (QED) is 0.313. The lowest BCUT2D eigenvalue weighted by Gasteiger charge is -2.15. The molecule has 0 aliphatic rings. The first-order chi connectivity index (χ1) is 16.5. The van der Waals surface area contributed by atoms with Gasteiger partial charge in [-0.25, -0.2) is 9.78 Å². The Bertz CT molecular complexity index is 1490. The number of amides is 1. The van der Waals surface area contributed by atoms with Gasteiger partial charge in [-0.3, -0.25) is 14.0 Å². The molecule has 0 bridgehead atoms. The molecule has 0 aliphatic heterocycles. The van der Waals surface area contributed by atoms with Crippen LogP contribution in [0.1, 0.15) is 42.6 Å². The Labute approximate surface area is 196 Å². The van der Waals surface area contributed by atoms with Gasteiger partial charge in [-0.15, -0.1) is 0 Å². The van der Waals surface area contributed by atoms with E-state index < -0.39 is 5.97 Å². The number of nitrogens with zero attached hydrogens (tertiary/aromatic N) is 4. The molecule has 0 radical (unpaired) electrons. The molecule has 0 unspecified atom stereocenters. The summed E-state index contributed by atoms with van der Waals surface area (Å²) < 4.78 is 8.37. The number of fused-ring (bicyclic) bond motifs is 2. The molecular formula is C26H26N4O4. The number of pyridine rings is 2. The Balaban J connectivity index is 2.06. The monoisotopic (exact) mass is 458 g/mol. The molecule has 0 aliphatic carbocycles. The maximum Gasteiger partial charge on any atom is 0.341 e. The normalized spacial score (nSPS) is 11.8. The van der Waals surface area contributed by atoms with Gasteiger partial charge in [-0.05, 0) is 43.5 Å². The predicted octanol–water partition coefficient (Wildman–Crippen LogP) is 3.30. The van der Waals surface area contributed by atoms with Gasteiger partial charge in [0.1, 0.15) is 16.9 Å². The lowest BCUT2D eigenvalue weighted by atomic mass is 10.1. The second kappa shape index (κ2) is 10.2. The van der Waals surface area contributed by atoms with Crippen LogP contribution in [0.2, 0.25) is 0 Å². The number of carbonyl (C=O) groups excluding carboxylic acids is 2. The van der Waals surface area contributed by atoms with Crippen LogP contribution in [-0.4, -0.2) is 32.4 Å². The smallest absolute Gasteiger partial charge is 0.341 e. The summed E-state index contributed by atoms with van der Waals surface area (Å²) in [5, 5.41) is 0.252. The molecule has 0 saturated carbocycles. The highest BCUT2D eigenvalue weighted by Crippen LogP contribution is 2.13. The Kier molecular flexibility index (Phi) is 6.96. The standard InChI is InChI=1S/C26H26N4O4/c1-3-10-22(31)28-24-20(26(33)34-4-2)17-19-23(27-21-13-8-9-15-29(21)25(19)32)30(24)16-14-18-11-6-5-7-12-18/h5-9,11-13,15,17H,3-4,10,14,16H2,1-2H3. The number of hydrogen-bond acceptors (Lipinski definition) is 5. The zero-order valence-electron chi connectivity index (χ0n) is 19.2. The Morgan fingerprint density at radius 1 is 1.06 bits per heavy atom. The first-order valence-corrected chi connectivity index (χ1v) is 11.4. The summed E-state index contributed by atoms with van der Waals surface area (Å²) in [5.41, 5.74) is 1.81. The molecule has 4 aromatic rings. The van der Waals surface area contributed by atoms with E-state index in [-0.39, 0.29) is 40.9 Å². The van der Waals surface area contributed by atoms with E-state index in [4.69, 9.17) is 9.72 Å². The van der Waals surface area contributed by atoms with Crippen molar-refractivity contribution in [3.05, 3.63) is 87.8 Å². The fourth-order valence-corrected chi connectivity index (χ4v) is 3.84. The van der Waals surface area contributed by atoms with E-state index in [0.29, 0.717) is 30.7 Å². The molecule has 8 heteroatoms. The SMILES string of the molecule is CCCC(=O)N=c1c(C(=O)OCC)cc2c(=O)n3ccccc3nc2n1CCc1ccccc1. The number of carbonyl (C=O) groups is 2. The number of hydrogen-bond donors (Lipinski definition) is 0. The first-order valence-electron chi connectivity index (χ1n) is 11.4. The number of aromatic nitrogens is 3. The van der Waals surface area contributed by atoms with Crippen LogP contribution in [0.15, 0.2) is 70.6 Å². The van der Waals surface area contributed by atoms with Crippen molar-refractivity contribution in [3.63, 3.8) is 0 Å². The van der Waals surface area contributed by atoms with E-state index in [1.807, 2.05) is 37.3 Å². The van der Waals surface area contributed by atoms with Gasteiger partial charge < -0.3 is 9.30 Å². The second-order valence-electron chi connectivity index (χ2n) is 7.83. The van der Waals surface area contributed by atoms with Crippen molar-refractivity contribution < 1.29 is 14.3 Å². The molecule has 1 amide bonds. The summed E-state index contributed by atoms with van der Waals surface area (Å²) in [6, 6.07) is 16.5. The number of aryl methyl sites for hydroxylation is 2. The van der Waals surface area contributed by atoms with E-state index in [9.17, 15) is 14.4 Å². The van der Waals surface area contributed by atoms with Crippen molar-refractivity contribution in [3.8, 4) is 0 Å². The number of ether oxygens (including phenoxy) is 1. The molecule has 0 N–H and O–H groups in total. The van der Waals surface area contributed by atoms with Gasteiger partial charge in [-0.1, -0.05) is 43.3 Å². The fourth-order valence-electron chi connectivity index (χ4n) is 3.84. The average Bonchev–Trinajstić information content (AvgIpc) is 2.84. The number of esters is 1. The van der Waals surface area contributed by atoms with Gasteiger partial charge in [0.25, 0.3) is 5.56 Å². The highest BCUT2D eigenvalue weighted by atomic mass is 16.5. The van der Waals surface area contributed by atoms with Crippen LogP contribution in [-0.2, 0) is 22.5 Å². The van der Waals surface area contributed by atoms with Crippen LogP contribution in [0.25, 0.3) is 16.7 Å². The third-order valence-electron chi connectivity index (χ3n) is 5.45. The van der Waals surface area contributed by atoms with Crippen LogP contribution < -0.4 is 11.0 Å². The topological polar surface area (TPSA) is 95.0 Å². The lowest BCUT2D eigenvalue weighted by molar-refractivity contribution is -0.118. The van der Waals surface area contributed by atoms with E-state index >= 15 is 0 Å². The molecule has 1 aromatic carbocycles. The van der Waals surface area contributed by atoms with Crippen LogP contribution in [0.4, 0.5) is 0 Å². The van der Waals surface area contributed by atoms with Gasteiger partial charge >= 0.3 is 5.97 Å². The number of benzene rings is 1. The van der Waals surface area contributed by atoms with Crippen molar-refractivity contribution in [2.75, 3.05) is 6.61 Å². The summed E-state index contributed by atoms with van der Waals surface area (Å²) in [6.45, 7) is 4.10. The average molecular weight is 459 g/mol. The third kappa shape index (κ3) is 4.66. The Morgan fingerprint density at radius 2 is 1.82 bits per heavy atom. The molecular weight excluding hydrogens is 432 g/mol. The van der Waals surface area contributed by atoms with Crippen LogP contribution >= 0.6 is 0 Å². The van der Waals surface area contributed by atoms with Gasteiger partial charge in [-0.2, -0.15) is 4.99 Å². The summed E-state index contributed by atoms with van der Waals surface area (Å²) in [4.78, 5) is 47.8. The largest absolute Gasteiger partial charge is 0.462 e. The van der Waals surface area contributed by atoms with E-state index in [2.05, 4.69) is 4.99 Å². The van der Waals surface area contributed by atoms with E-state index in [1.54, 1.807) is 35.9 Å². The maximum atomic E-state index is 13.3. The fraction of sp³-hybridized carbons (Fsp3) is 0.269. The zero-order chi connectivity index (χ0) is 24.1. The third-order valence-corrected chi connectivity index (χ3v) is 5.45. The van der Waals surface area contributed by atoms with Gasteiger partial charge in [0, 0.05) is 19.2 Å². The van der Waals surface area contributed by atoms with Crippen LogP contribution in [0, 0.1) is 0 Å². The summed E-state index contributed by atoms with van der Waals surface area (Å²) in [7, 11) is 0. The lowest BCUT2D eigenvalue weighted by Crippen LogP contribution is -2.33. The summed E-state index contributed by atoms with van der Waals surface area (Å²) in [6.07, 6.45) is 3.09. The molecule has 0 saturated heterocycles. The zero-order valence-corrected chi connectivity index (χ0v) is 19.2. The van der Waals surface area contributed by atoms with Crippen molar-refractivity contribution in [1.29, 1.82) is 0 Å². The minimum Gasteiger partial charge on any atom is -0.462 e. The van der Waals surface area contributed by atoms with Crippen molar-refractivity contribution >= 4 is 28.6 Å². The molecule has 174 valence electrons. The Hall–Kier alpha value is -4.07. The highest BCUT2D eigenvalue weighted by molar-refractivity contribution is 5.93. The molecule has 0 atom stereocenters. The van der Waals surface area contributed by atoms with Crippen molar-refractivity contribution in [1.82, 2.24) is 14.0 Å². The summed E-state index contributed by atoms with van der Waals surface area (Å²) in [5.74, 6) is -0.989. The molecule has 8 nitrogen and oxygen atoms in total. The molecule has 0 spiro atoms. The van der Waals surface area contributed by atoms with Crippen LogP contribution in [0.5, 0.6) is 0 Å². The molecule has 34 heavy (non-hydrogen) atoms. The number of rotatable bonds is 7. The van der Waals surface area contributed by atoms with Gasteiger partial charge in [0.2, 0.25) is 5.91 Å². The van der Waals surface area contributed by atoms with Crippen molar-refractivity contribution in [2.24, 2.45) is 4.99 Å². The van der Waals surface area contributed by atoms with Crippen LogP contribution in [0.3, 0.4) is 0 Å². The minimum absolute atomic E-state index is 0.0710. The minimum atomic E-state index is -0.640. The van der Waals surface area contributed by atoms with E-state index in [1.165, 1.54) is 10.5 Å². The van der Waals surface area contributed by atoms with E-state index in [0.717, 1.165) is 5.56 Å². The van der Waals surface area contributed by atoms with Gasteiger partial charge in [0.05, 0.1) is 12.0 Å². The first kappa shape index (κ1) is 23.1. The molecule has 4 rings (SSSR count). The Morgan fingerprint density at radius 3 is 2.56 bits per heavy atom. The van der Waals surface area contributed by atoms with Crippen molar-refractivity contribution in [2.45, 2.75) is 39.7 Å². The van der Waals surface area contributed by atoms with Gasteiger partial charge in [0.15, 0.2) is 5.49 Å². The highest BCUT2D eigenvalue weighted by Gasteiger charge is 2.20. The maximum absolute atomic E-state index is 13.3. The summed E-state index contributed by atoms with van der Waals surface area (Å²) >= 11 is 0. The molecule has 3 aromatic heterocycles.